The lowest BCUT2D eigenvalue weighted by molar-refractivity contribution is -0.154. The van der Waals surface area contributed by atoms with Gasteiger partial charge in [0.2, 0.25) is 0 Å². The molecular weight excluding hydrogens is 350 g/mol. The van der Waals surface area contributed by atoms with E-state index in [1.807, 2.05) is 42.5 Å². The molecule has 26 heavy (non-hydrogen) atoms. The van der Waals surface area contributed by atoms with Gasteiger partial charge < -0.3 is 10.1 Å². The Morgan fingerprint density at radius 1 is 1.04 bits per heavy atom. The standard InChI is InChI=1S/C21H22ClNO3/c22-18-10-6-7-16(13-18)14-23-19(24)15-26-20(25)21(11-4-5-12-21)17-8-2-1-3-9-17/h1-3,6-10,13H,4-5,11-12,14-15H2,(H,23,24). The predicted molar refractivity (Wildman–Crippen MR) is 101 cm³/mol. The molecule has 1 N–H and O–H groups in total. The van der Waals surface area contributed by atoms with Gasteiger partial charge in [0.05, 0.1) is 5.41 Å². The molecule has 4 nitrogen and oxygen atoms in total. The molecule has 0 aromatic heterocycles. The highest BCUT2D eigenvalue weighted by Gasteiger charge is 2.44. The van der Waals surface area contributed by atoms with Gasteiger partial charge in [0, 0.05) is 11.6 Å². The average Bonchev–Trinajstić information content (AvgIpc) is 3.16. The van der Waals surface area contributed by atoms with Gasteiger partial charge in [-0.25, -0.2) is 0 Å². The van der Waals surface area contributed by atoms with Crippen LogP contribution in [0.1, 0.15) is 36.8 Å². The van der Waals surface area contributed by atoms with E-state index in [4.69, 9.17) is 16.3 Å². The zero-order valence-corrected chi connectivity index (χ0v) is 15.3. The van der Waals surface area contributed by atoms with E-state index in [2.05, 4.69) is 5.32 Å². The summed E-state index contributed by atoms with van der Waals surface area (Å²) in [5.74, 6) is -0.626. The number of hydrogen-bond donors (Lipinski definition) is 1. The Morgan fingerprint density at radius 3 is 2.46 bits per heavy atom. The molecule has 0 saturated heterocycles. The van der Waals surface area contributed by atoms with Gasteiger partial charge in [-0.3, -0.25) is 9.59 Å². The van der Waals surface area contributed by atoms with Crippen LogP contribution in [-0.2, 0) is 26.3 Å². The summed E-state index contributed by atoms with van der Waals surface area (Å²) in [6, 6.07) is 17.0. The van der Waals surface area contributed by atoms with E-state index in [1.54, 1.807) is 12.1 Å². The summed E-state index contributed by atoms with van der Waals surface area (Å²) in [5, 5.41) is 3.37. The molecule has 2 aromatic rings. The molecule has 0 bridgehead atoms. The lowest BCUT2D eigenvalue weighted by Crippen LogP contribution is -2.37. The Balaban J connectivity index is 1.56. The number of hydrogen-bond acceptors (Lipinski definition) is 3. The zero-order chi connectivity index (χ0) is 18.4. The van der Waals surface area contributed by atoms with Gasteiger partial charge >= 0.3 is 5.97 Å². The van der Waals surface area contributed by atoms with Gasteiger partial charge in [-0.15, -0.1) is 0 Å². The van der Waals surface area contributed by atoms with E-state index >= 15 is 0 Å². The number of carbonyl (C=O) groups excluding carboxylic acids is 2. The smallest absolute Gasteiger partial charge is 0.317 e. The maximum atomic E-state index is 12.8. The SMILES string of the molecule is O=C(COC(=O)C1(c2ccccc2)CCCC1)NCc1cccc(Cl)c1. The van der Waals surface area contributed by atoms with Crippen molar-refractivity contribution in [3.8, 4) is 0 Å². The topological polar surface area (TPSA) is 55.4 Å². The van der Waals surface area contributed by atoms with Gasteiger partial charge in [-0.05, 0) is 36.1 Å². The Hall–Kier alpha value is -2.33. The molecule has 1 saturated carbocycles. The van der Waals surface area contributed by atoms with Crippen molar-refractivity contribution in [3.05, 3.63) is 70.7 Å². The first-order valence-corrected chi connectivity index (χ1v) is 9.22. The number of amides is 1. The molecule has 1 aliphatic rings. The van der Waals surface area contributed by atoms with E-state index < -0.39 is 5.41 Å². The molecule has 1 amide bonds. The van der Waals surface area contributed by atoms with Crippen molar-refractivity contribution in [2.24, 2.45) is 0 Å². The molecule has 3 rings (SSSR count). The molecule has 0 radical (unpaired) electrons. The van der Waals surface area contributed by atoms with E-state index in [9.17, 15) is 9.59 Å². The minimum absolute atomic E-state index is 0.270. The third kappa shape index (κ3) is 4.25. The van der Waals surface area contributed by atoms with E-state index in [1.165, 1.54) is 0 Å². The van der Waals surface area contributed by atoms with Crippen molar-refractivity contribution >= 4 is 23.5 Å². The number of esters is 1. The Labute approximate surface area is 158 Å². The molecule has 5 heteroatoms. The van der Waals surface area contributed by atoms with Crippen molar-refractivity contribution in [1.29, 1.82) is 0 Å². The summed E-state index contributed by atoms with van der Waals surface area (Å²) in [5.41, 5.74) is 1.25. The van der Waals surface area contributed by atoms with Crippen LogP contribution in [0.4, 0.5) is 0 Å². The highest BCUT2D eigenvalue weighted by molar-refractivity contribution is 6.30. The number of rotatable bonds is 6. The van der Waals surface area contributed by atoms with Crippen LogP contribution in [0, 0.1) is 0 Å². The summed E-state index contributed by atoms with van der Waals surface area (Å²) in [6.45, 7) is 0.0781. The second-order valence-electron chi connectivity index (χ2n) is 6.64. The van der Waals surface area contributed by atoms with E-state index in [0.29, 0.717) is 11.6 Å². The first-order chi connectivity index (χ1) is 12.6. The number of carbonyl (C=O) groups is 2. The molecule has 0 atom stereocenters. The molecule has 0 spiro atoms. The molecule has 136 valence electrons. The molecule has 0 heterocycles. The molecule has 0 aliphatic heterocycles. The molecule has 2 aromatic carbocycles. The highest BCUT2D eigenvalue weighted by Crippen LogP contribution is 2.42. The molecule has 0 unspecified atom stereocenters. The Morgan fingerprint density at radius 2 is 1.77 bits per heavy atom. The fourth-order valence-corrected chi connectivity index (χ4v) is 3.73. The third-order valence-electron chi connectivity index (χ3n) is 4.89. The van der Waals surface area contributed by atoms with Crippen molar-refractivity contribution in [2.75, 3.05) is 6.61 Å². The summed E-state index contributed by atoms with van der Waals surface area (Å²) < 4.78 is 5.38. The van der Waals surface area contributed by atoms with Crippen molar-refractivity contribution in [3.63, 3.8) is 0 Å². The Bertz CT molecular complexity index is 770. The quantitative estimate of drug-likeness (QED) is 0.780. The Kier molecular flexibility index (Phi) is 5.94. The van der Waals surface area contributed by atoms with Crippen LogP contribution in [0.3, 0.4) is 0 Å². The van der Waals surface area contributed by atoms with Crippen molar-refractivity contribution in [1.82, 2.24) is 5.32 Å². The first kappa shape index (κ1) is 18.5. The fourth-order valence-electron chi connectivity index (χ4n) is 3.51. The first-order valence-electron chi connectivity index (χ1n) is 8.84. The lowest BCUT2D eigenvalue weighted by atomic mass is 9.79. The second-order valence-corrected chi connectivity index (χ2v) is 7.07. The minimum atomic E-state index is -0.617. The van der Waals surface area contributed by atoms with Crippen LogP contribution in [-0.4, -0.2) is 18.5 Å². The molecular formula is C21H22ClNO3. The molecule has 1 aliphatic carbocycles. The summed E-state index contributed by atoms with van der Waals surface area (Å²) in [7, 11) is 0. The number of benzene rings is 2. The maximum Gasteiger partial charge on any atom is 0.317 e. The summed E-state index contributed by atoms with van der Waals surface area (Å²) in [6.07, 6.45) is 3.51. The largest absolute Gasteiger partial charge is 0.455 e. The van der Waals surface area contributed by atoms with Crippen molar-refractivity contribution < 1.29 is 14.3 Å². The number of nitrogens with one attached hydrogen (secondary N) is 1. The minimum Gasteiger partial charge on any atom is -0.455 e. The second kappa shape index (κ2) is 8.37. The van der Waals surface area contributed by atoms with Gasteiger partial charge in [0.15, 0.2) is 6.61 Å². The average molecular weight is 372 g/mol. The number of halogens is 1. The monoisotopic (exact) mass is 371 g/mol. The normalized spacial score (nSPS) is 15.4. The van der Waals surface area contributed by atoms with Gasteiger partial charge in [-0.1, -0.05) is 66.9 Å². The van der Waals surface area contributed by atoms with Gasteiger partial charge in [0.25, 0.3) is 5.91 Å². The summed E-state index contributed by atoms with van der Waals surface area (Å²) >= 11 is 5.93. The van der Waals surface area contributed by atoms with Crippen LogP contribution in [0.5, 0.6) is 0 Å². The highest BCUT2D eigenvalue weighted by atomic mass is 35.5. The predicted octanol–water partition coefficient (Wildman–Crippen LogP) is 4.01. The fraction of sp³-hybridized carbons (Fsp3) is 0.333. The van der Waals surface area contributed by atoms with Crippen LogP contribution in [0.2, 0.25) is 5.02 Å². The van der Waals surface area contributed by atoms with Crippen LogP contribution in [0.25, 0.3) is 0 Å². The molecule has 1 fully saturated rings. The van der Waals surface area contributed by atoms with E-state index in [0.717, 1.165) is 36.8 Å². The lowest BCUT2D eigenvalue weighted by Gasteiger charge is -2.27. The van der Waals surface area contributed by atoms with Crippen LogP contribution in [0.15, 0.2) is 54.6 Å². The number of ether oxygens (including phenoxy) is 1. The van der Waals surface area contributed by atoms with Crippen molar-refractivity contribution in [2.45, 2.75) is 37.6 Å². The van der Waals surface area contributed by atoms with Crippen LogP contribution >= 0.6 is 11.6 Å². The van der Waals surface area contributed by atoms with Gasteiger partial charge in [0.1, 0.15) is 0 Å². The van der Waals surface area contributed by atoms with Gasteiger partial charge in [-0.2, -0.15) is 0 Å². The van der Waals surface area contributed by atoms with Crippen LogP contribution < -0.4 is 5.32 Å². The maximum absolute atomic E-state index is 12.8. The van der Waals surface area contributed by atoms with E-state index in [-0.39, 0.29) is 18.5 Å². The summed E-state index contributed by atoms with van der Waals surface area (Å²) in [4.78, 5) is 24.8. The zero-order valence-electron chi connectivity index (χ0n) is 14.5. The third-order valence-corrected chi connectivity index (χ3v) is 5.12.